The fourth-order valence-corrected chi connectivity index (χ4v) is 2.70. The van der Waals surface area contributed by atoms with E-state index in [0.717, 1.165) is 39.1 Å². The zero-order valence-electron chi connectivity index (χ0n) is 13.0. The van der Waals surface area contributed by atoms with E-state index in [1.165, 1.54) is 24.1 Å². The quantitative estimate of drug-likeness (QED) is 0.722. The zero-order valence-corrected chi connectivity index (χ0v) is 13.0. The summed E-state index contributed by atoms with van der Waals surface area (Å²) >= 11 is 0. The van der Waals surface area contributed by atoms with Gasteiger partial charge in [-0.2, -0.15) is 0 Å². The van der Waals surface area contributed by atoms with Crippen LogP contribution in [0.25, 0.3) is 0 Å². The van der Waals surface area contributed by atoms with Gasteiger partial charge in [-0.25, -0.2) is 0 Å². The minimum Gasteiger partial charge on any atom is -0.371 e. The summed E-state index contributed by atoms with van der Waals surface area (Å²) in [4.78, 5) is 14.0. The second-order valence-electron chi connectivity index (χ2n) is 5.60. The number of nitrogens with zero attached hydrogens (tertiary/aromatic N) is 1. The predicted molar refractivity (Wildman–Crippen MR) is 87.5 cm³/mol. The number of amides is 1. The number of anilines is 1. The van der Waals surface area contributed by atoms with Gasteiger partial charge in [-0.15, -0.1) is 0 Å². The largest absolute Gasteiger partial charge is 0.371 e. The lowest BCUT2D eigenvalue weighted by molar-refractivity contribution is -0.120. The molecule has 0 aromatic heterocycles. The van der Waals surface area contributed by atoms with Crippen molar-refractivity contribution in [3.8, 4) is 0 Å². The maximum Gasteiger partial charge on any atom is 0.221 e. The van der Waals surface area contributed by atoms with Crippen LogP contribution in [0.1, 0.15) is 38.2 Å². The van der Waals surface area contributed by atoms with Crippen LogP contribution < -0.4 is 15.5 Å². The van der Waals surface area contributed by atoms with Crippen LogP contribution in [-0.4, -0.2) is 32.1 Å². The Labute approximate surface area is 127 Å². The van der Waals surface area contributed by atoms with Crippen molar-refractivity contribution in [3.63, 3.8) is 0 Å². The lowest BCUT2D eigenvalue weighted by Crippen LogP contribution is -2.28. The van der Waals surface area contributed by atoms with Gasteiger partial charge in [-0.05, 0) is 30.9 Å². The summed E-state index contributed by atoms with van der Waals surface area (Å²) in [6.45, 7) is 6.72. The molecule has 0 radical (unpaired) electrons. The first-order valence-corrected chi connectivity index (χ1v) is 8.11. The van der Waals surface area contributed by atoms with Gasteiger partial charge < -0.3 is 15.5 Å². The monoisotopic (exact) mass is 289 g/mol. The highest BCUT2D eigenvalue weighted by Crippen LogP contribution is 2.24. The van der Waals surface area contributed by atoms with Crippen molar-refractivity contribution < 1.29 is 4.79 Å². The summed E-state index contributed by atoms with van der Waals surface area (Å²) in [5.41, 5.74) is 2.67. The van der Waals surface area contributed by atoms with Crippen molar-refractivity contribution in [1.29, 1.82) is 0 Å². The second-order valence-corrected chi connectivity index (χ2v) is 5.60. The van der Waals surface area contributed by atoms with Gasteiger partial charge in [0.05, 0.1) is 0 Å². The third-order valence-electron chi connectivity index (χ3n) is 3.85. The summed E-state index contributed by atoms with van der Waals surface area (Å²) in [6.07, 6.45) is 4.12. The number of rotatable bonds is 8. The van der Waals surface area contributed by atoms with Crippen molar-refractivity contribution in [3.05, 3.63) is 29.8 Å². The van der Waals surface area contributed by atoms with E-state index in [9.17, 15) is 4.79 Å². The molecule has 1 saturated heterocycles. The van der Waals surface area contributed by atoms with E-state index < -0.39 is 0 Å². The number of hydrogen-bond acceptors (Lipinski definition) is 3. The highest BCUT2D eigenvalue weighted by Gasteiger charge is 2.14. The minimum absolute atomic E-state index is 0.136. The third-order valence-corrected chi connectivity index (χ3v) is 3.85. The van der Waals surface area contributed by atoms with Gasteiger partial charge in [0.25, 0.3) is 0 Å². The molecule has 1 heterocycles. The predicted octanol–water partition coefficient (Wildman–Crippen LogP) is 2.29. The summed E-state index contributed by atoms with van der Waals surface area (Å²) in [5.74, 6) is 0.136. The summed E-state index contributed by atoms with van der Waals surface area (Å²) in [5, 5.41) is 6.29. The molecule has 0 atom stereocenters. The Kier molecular flexibility index (Phi) is 6.54. The molecule has 0 aliphatic carbocycles. The fraction of sp³-hybridized carbons (Fsp3) is 0.588. The average Bonchev–Trinajstić information content (AvgIpc) is 3.04. The van der Waals surface area contributed by atoms with Crippen molar-refractivity contribution in [1.82, 2.24) is 10.6 Å². The molecule has 2 rings (SSSR count). The molecule has 1 aromatic rings. The second kappa shape index (κ2) is 8.67. The Morgan fingerprint density at radius 1 is 1.19 bits per heavy atom. The number of carbonyl (C=O) groups excluding carboxylic acids is 1. The molecular weight excluding hydrogens is 262 g/mol. The van der Waals surface area contributed by atoms with E-state index in [2.05, 4.69) is 46.7 Å². The molecular formula is C17H27N3O. The zero-order chi connectivity index (χ0) is 14.9. The molecule has 116 valence electrons. The van der Waals surface area contributed by atoms with Crippen molar-refractivity contribution >= 4 is 11.6 Å². The van der Waals surface area contributed by atoms with Crippen LogP contribution in [0.5, 0.6) is 0 Å². The van der Waals surface area contributed by atoms with Crippen LogP contribution in [0.15, 0.2) is 24.3 Å². The van der Waals surface area contributed by atoms with Crippen LogP contribution >= 0.6 is 0 Å². The Bertz CT molecular complexity index is 441. The maximum absolute atomic E-state index is 11.5. The summed E-state index contributed by atoms with van der Waals surface area (Å²) in [7, 11) is 0. The smallest absolute Gasteiger partial charge is 0.221 e. The van der Waals surface area contributed by atoms with Gasteiger partial charge in [0.2, 0.25) is 5.91 Å². The van der Waals surface area contributed by atoms with Crippen LogP contribution in [0.2, 0.25) is 0 Å². The summed E-state index contributed by atoms with van der Waals surface area (Å²) in [6, 6.07) is 8.58. The van der Waals surface area contributed by atoms with E-state index in [1.807, 2.05) is 0 Å². The standard InChI is InChI=1S/C17H27N3O/c1-2-10-19-17(21)9-11-18-14-15-7-3-4-8-16(15)20-12-5-6-13-20/h3-4,7-8,18H,2,5-6,9-14H2,1H3,(H,19,21). The SMILES string of the molecule is CCCNC(=O)CCNCc1ccccc1N1CCCC1. The van der Waals surface area contributed by atoms with Crippen molar-refractivity contribution in [2.75, 3.05) is 31.1 Å². The van der Waals surface area contributed by atoms with Gasteiger partial charge in [-0.3, -0.25) is 4.79 Å². The molecule has 1 aliphatic heterocycles. The van der Waals surface area contributed by atoms with Gasteiger partial charge in [0.1, 0.15) is 0 Å². The van der Waals surface area contributed by atoms with Gasteiger partial charge >= 0.3 is 0 Å². The van der Waals surface area contributed by atoms with Crippen molar-refractivity contribution in [2.45, 2.75) is 39.2 Å². The molecule has 0 spiro atoms. The lowest BCUT2D eigenvalue weighted by Gasteiger charge is -2.21. The number of nitrogens with one attached hydrogen (secondary N) is 2. The molecule has 1 aliphatic rings. The van der Waals surface area contributed by atoms with Gasteiger partial charge in [-0.1, -0.05) is 25.1 Å². The molecule has 21 heavy (non-hydrogen) atoms. The molecule has 1 fully saturated rings. The molecule has 4 heteroatoms. The first-order valence-electron chi connectivity index (χ1n) is 8.11. The minimum atomic E-state index is 0.136. The van der Waals surface area contributed by atoms with E-state index >= 15 is 0 Å². The van der Waals surface area contributed by atoms with Crippen LogP contribution in [0.4, 0.5) is 5.69 Å². The maximum atomic E-state index is 11.5. The van der Waals surface area contributed by atoms with E-state index in [0.29, 0.717) is 6.42 Å². The van der Waals surface area contributed by atoms with Gasteiger partial charge in [0.15, 0.2) is 0 Å². The normalized spacial score (nSPS) is 14.4. The van der Waals surface area contributed by atoms with Crippen molar-refractivity contribution in [2.24, 2.45) is 0 Å². The van der Waals surface area contributed by atoms with Crippen LogP contribution in [-0.2, 0) is 11.3 Å². The van der Waals surface area contributed by atoms with Crippen LogP contribution in [0.3, 0.4) is 0 Å². The van der Waals surface area contributed by atoms with E-state index in [4.69, 9.17) is 0 Å². The number of hydrogen-bond donors (Lipinski definition) is 2. The molecule has 4 nitrogen and oxygen atoms in total. The Morgan fingerprint density at radius 3 is 2.71 bits per heavy atom. The van der Waals surface area contributed by atoms with E-state index in [-0.39, 0.29) is 5.91 Å². The van der Waals surface area contributed by atoms with Crippen LogP contribution in [0, 0.1) is 0 Å². The Hall–Kier alpha value is -1.55. The molecule has 1 amide bonds. The topological polar surface area (TPSA) is 44.4 Å². The summed E-state index contributed by atoms with van der Waals surface area (Å²) < 4.78 is 0. The average molecular weight is 289 g/mol. The van der Waals surface area contributed by atoms with E-state index in [1.54, 1.807) is 0 Å². The first kappa shape index (κ1) is 15.8. The number of para-hydroxylation sites is 1. The molecule has 0 bridgehead atoms. The molecule has 0 saturated carbocycles. The Balaban J connectivity index is 1.76. The molecule has 1 aromatic carbocycles. The molecule has 2 N–H and O–H groups in total. The fourth-order valence-electron chi connectivity index (χ4n) is 2.70. The number of carbonyl (C=O) groups is 1. The first-order chi connectivity index (χ1) is 10.3. The third kappa shape index (κ3) is 5.05. The lowest BCUT2D eigenvalue weighted by atomic mass is 10.1. The van der Waals surface area contributed by atoms with Gasteiger partial charge in [0, 0.05) is 44.8 Å². The Morgan fingerprint density at radius 2 is 1.95 bits per heavy atom. The molecule has 0 unspecified atom stereocenters. The highest BCUT2D eigenvalue weighted by atomic mass is 16.1. The highest BCUT2D eigenvalue weighted by molar-refractivity contribution is 5.76. The number of benzene rings is 1.